The Morgan fingerprint density at radius 1 is 1.19 bits per heavy atom. The van der Waals surface area contributed by atoms with Gasteiger partial charge in [-0.15, -0.1) is 23.1 Å². The molecule has 0 fully saturated rings. The molecular formula is C21H18N2OS2. The maximum Gasteiger partial charge on any atom is 0.161 e. The molecule has 2 heterocycles. The normalized spacial score (nSPS) is 22.6. The highest BCUT2D eigenvalue weighted by atomic mass is 32.2. The van der Waals surface area contributed by atoms with Gasteiger partial charge in [-0.25, -0.2) is 4.99 Å². The Morgan fingerprint density at radius 2 is 2.04 bits per heavy atom. The molecule has 0 bridgehead atoms. The summed E-state index contributed by atoms with van der Waals surface area (Å²) in [6.07, 6.45) is 2.25. The largest absolute Gasteiger partial charge is 0.294 e. The summed E-state index contributed by atoms with van der Waals surface area (Å²) in [5.74, 6) is 0.397. The third-order valence-electron chi connectivity index (χ3n) is 4.80. The van der Waals surface area contributed by atoms with E-state index in [4.69, 9.17) is 4.99 Å². The molecule has 1 aromatic heterocycles. The standard InChI is InChI=1S/C21H18N2OS2/c22-12-15-19(18-10-5-11-25-18)20-16(8-4-9-17(20)24)23-21(15)26-13-14-6-2-1-3-7-14/h1-3,5-7,10-11,15,19H,4,8-9,13H2/t15?,19-/m0/s1. The number of thiophene rings is 1. The molecule has 0 N–H and O–H groups in total. The lowest BCUT2D eigenvalue weighted by Gasteiger charge is -2.32. The first-order valence-corrected chi connectivity index (χ1v) is 10.6. The van der Waals surface area contributed by atoms with E-state index < -0.39 is 0 Å². The lowest BCUT2D eigenvalue weighted by molar-refractivity contribution is -0.116. The molecule has 0 radical (unpaired) electrons. The van der Waals surface area contributed by atoms with Crippen LogP contribution in [0.25, 0.3) is 0 Å². The molecule has 130 valence electrons. The fraction of sp³-hybridized carbons (Fsp3) is 0.286. The number of hydrogen-bond donors (Lipinski definition) is 0. The van der Waals surface area contributed by atoms with Gasteiger partial charge in [-0.3, -0.25) is 4.79 Å². The molecule has 0 spiro atoms. The molecule has 0 amide bonds. The highest BCUT2D eigenvalue weighted by Gasteiger charge is 2.40. The van der Waals surface area contributed by atoms with Gasteiger partial charge in [0.25, 0.3) is 0 Å². The van der Waals surface area contributed by atoms with Crippen LogP contribution in [0.1, 0.15) is 35.6 Å². The topological polar surface area (TPSA) is 53.2 Å². The zero-order chi connectivity index (χ0) is 17.9. The molecule has 2 aliphatic rings. The molecule has 1 aliphatic heterocycles. The van der Waals surface area contributed by atoms with Crippen molar-refractivity contribution in [3.05, 3.63) is 69.6 Å². The minimum atomic E-state index is -0.386. The number of nitriles is 1. The van der Waals surface area contributed by atoms with Gasteiger partial charge in [0, 0.05) is 34.2 Å². The van der Waals surface area contributed by atoms with Gasteiger partial charge in [-0.1, -0.05) is 36.4 Å². The maximum atomic E-state index is 12.6. The number of aliphatic imine (C=N–C) groups is 1. The second kappa shape index (κ2) is 7.61. The summed E-state index contributed by atoms with van der Waals surface area (Å²) < 4.78 is 0. The van der Waals surface area contributed by atoms with E-state index in [-0.39, 0.29) is 17.6 Å². The first kappa shape index (κ1) is 17.3. The molecule has 0 saturated carbocycles. The Kier molecular flexibility index (Phi) is 5.05. The van der Waals surface area contributed by atoms with Crippen molar-refractivity contribution < 1.29 is 4.79 Å². The Bertz CT molecular complexity index is 907. The van der Waals surface area contributed by atoms with Gasteiger partial charge in [-0.2, -0.15) is 5.26 Å². The summed E-state index contributed by atoms with van der Waals surface area (Å²) in [4.78, 5) is 18.5. The average Bonchev–Trinajstić information content (AvgIpc) is 3.20. The van der Waals surface area contributed by atoms with Crippen LogP contribution in [0, 0.1) is 17.2 Å². The van der Waals surface area contributed by atoms with Crippen LogP contribution in [-0.4, -0.2) is 10.8 Å². The Balaban J connectivity index is 1.71. The van der Waals surface area contributed by atoms with Crippen molar-refractivity contribution in [2.45, 2.75) is 30.9 Å². The number of allylic oxidation sites excluding steroid dienone is 2. The van der Waals surface area contributed by atoms with Crippen LogP contribution in [0.4, 0.5) is 0 Å². The number of ketones is 1. The van der Waals surface area contributed by atoms with Crippen LogP contribution in [0.15, 0.2) is 64.1 Å². The number of nitrogens with zero attached hydrogens (tertiary/aromatic N) is 2. The molecule has 26 heavy (non-hydrogen) atoms. The van der Waals surface area contributed by atoms with E-state index in [0.29, 0.717) is 6.42 Å². The predicted molar refractivity (Wildman–Crippen MR) is 107 cm³/mol. The molecule has 5 heteroatoms. The summed E-state index contributed by atoms with van der Waals surface area (Å²) in [5.41, 5.74) is 2.90. The van der Waals surface area contributed by atoms with Crippen LogP contribution in [0.2, 0.25) is 0 Å². The zero-order valence-electron chi connectivity index (χ0n) is 14.2. The molecule has 1 aromatic carbocycles. The van der Waals surface area contributed by atoms with Crippen molar-refractivity contribution >= 4 is 33.9 Å². The summed E-state index contributed by atoms with van der Waals surface area (Å²) in [6.45, 7) is 0. The van der Waals surface area contributed by atoms with Gasteiger partial charge in [0.05, 0.1) is 11.1 Å². The summed E-state index contributed by atoms with van der Waals surface area (Å²) in [7, 11) is 0. The second-order valence-electron chi connectivity index (χ2n) is 6.46. The number of hydrogen-bond acceptors (Lipinski definition) is 5. The Hall–Kier alpha value is -2.16. The van der Waals surface area contributed by atoms with Gasteiger partial charge in [0.2, 0.25) is 0 Å². The predicted octanol–water partition coefficient (Wildman–Crippen LogP) is 5.32. The van der Waals surface area contributed by atoms with Gasteiger partial charge in [0.15, 0.2) is 5.78 Å². The fourth-order valence-electron chi connectivity index (χ4n) is 3.59. The smallest absolute Gasteiger partial charge is 0.161 e. The molecule has 2 aromatic rings. The van der Waals surface area contributed by atoms with Crippen LogP contribution in [0.5, 0.6) is 0 Å². The van der Waals surface area contributed by atoms with Crippen molar-refractivity contribution in [2.24, 2.45) is 10.9 Å². The van der Waals surface area contributed by atoms with E-state index in [1.165, 1.54) is 5.56 Å². The molecule has 1 unspecified atom stereocenters. The van der Waals surface area contributed by atoms with Crippen molar-refractivity contribution in [1.82, 2.24) is 0 Å². The number of carbonyl (C=O) groups excluding carboxylic acids is 1. The van der Waals surface area contributed by atoms with E-state index in [9.17, 15) is 10.1 Å². The average molecular weight is 379 g/mol. The fourth-order valence-corrected chi connectivity index (χ4v) is 5.51. The molecule has 3 nitrogen and oxygen atoms in total. The molecule has 1 aliphatic carbocycles. The van der Waals surface area contributed by atoms with E-state index in [2.05, 4.69) is 18.2 Å². The van der Waals surface area contributed by atoms with Crippen LogP contribution < -0.4 is 0 Å². The Morgan fingerprint density at radius 3 is 2.77 bits per heavy atom. The number of thioether (sulfide) groups is 1. The summed E-state index contributed by atoms with van der Waals surface area (Å²) >= 11 is 3.25. The van der Waals surface area contributed by atoms with Gasteiger partial charge in [0.1, 0.15) is 5.92 Å². The third-order valence-corrected chi connectivity index (χ3v) is 6.88. The second-order valence-corrected chi connectivity index (χ2v) is 8.44. The van der Waals surface area contributed by atoms with Crippen molar-refractivity contribution in [2.75, 3.05) is 0 Å². The van der Waals surface area contributed by atoms with E-state index in [1.54, 1.807) is 23.1 Å². The maximum absolute atomic E-state index is 12.6. The first-order valence-electron chi connectivity index (χ1n) is 8.72. The lowest BCUT2D eigenvalue weighted by atomic mass is 9.77. The monoisotopic (exact) mass is 378 g/mol. The molecular weight excluding hydrogens is 360 g/mol. The SMILES string of the molecule is N#CC1C(SCc2ccccc2)=NC2=C(C(=O)CCC2)[C@@H]1c1cccs1. The lowest BCUT2D eigenvalue weighted by Crippen LogP contribution is -2.30. The van der Waals surface area contributed by atoms with Crippen LogP contribution >= 0.6 is 23.1 Å². The summed E-state index contributed by atoms with van der Waals surface area (Å²) in [6, 6.07) is 16.7. The zero-order valence-corrected chi connectivity index (χ0v) is 15.9. The van der Waals surface area contributed by atoms with Gasteiger partial charge >= 0.3 is 0 Å². The van der Waals surface area contributed by atoms with Gasteiger partial charge in [-0.05, 0) is 29.9 Å². The van der Waals surface area contributed by atoms with E-state index in [0.717, 1.165) is 39.8 Å². The molecule has 4 rings (SSSR count). The number of rotatable bonds is 3. The highest BCUT2D eigenvalue weighted by Crippen LogP contribution is 2.46. The van der Waals surface area contributed by atoms with Crippen molar-refractivity contribution in [1.29, 1.82) is 5.26 Å². The number of carbonyl (C=O) groups is 1. The molecule has 2 atom stereocenters. The Labute approximate surface area is 161 Å². The minimum absolute atomic E-state index is 0.167. The number of Topliss-reactive ketones (excluding diaryl/α,β-unsaturated/α-hetero) is 1. The minimum Gasteiger partial charge on any atom is -0.294 e. The summed E-state index contributed by atoms with van der Waals surface area (Å²) in [5, 5.41) is 12.8. The van der Waals surface area contributed by atoms with E-state index in [1.807, 2.05) is 35.7 Å². The molecule has 0 saturated heterocycles. The highest BCUT2D eigenvalue weighted by molar-refractivity contribution is 8.13. The quantitative estimate of drug-likeness (QED) is 0.726. The van der Waals surface area contributed by atoms with Crippen molar-refractivity contribution in [3.8, 4) is 6.07 Å². The van der Waals surface area contributed by atoms with Crippen molar-refractivity contribution in [3.63, 3.8) is 0 Å². The van der Waals surface area contributed by atoms with E-state index >= 15 is 0 Å². The van der Waals surface area contributed by atoms with Crippen LogP contribution in [0.3, 0.4) is 0 Å². The van der Waals surface area contributed by atoms with Gasteiger partial charge < -0.3 is 0 Å². The van der Waals surface area contributed by atoms with Crippen LogP contribution in [-0.2, 0) is 10.5 Å². The first-order chi connectivity index (χ1) is 12.8. The number of benzene rings is 1. The third kappa shape index (κ3) is 3.27.